The maximum absolute atomic E-state index is 12.8. The molecule has 1 saturated carbocycles. The molecule has 2 aliphatic rings. The van der Waals surface area contributed by atoms with E-state index in [0.717, 1.165) is 24.8 Å². The molecule has 1 aromatic carbocycles. The predicted octanol–water partition coefficient (Wildman–Crippen LogP) is 1.94. The number of benzene rings is 1. The Morgan fingerprint density at radius 3 is 2.83 bits per heavy atom. The normalized spacial score (nSPS) is 30.2. The molecule has 0 aromatic heterocycles. The van der Waals surface area contributed by atoms with Gasteiger partial charge in [-0.3, -0.25) is 9.59 Å². The summed E-state index contributed by atoms with van der Waals surface area (Å²) in [6.45, 7) is 2.88. The lowest BCUT2D eigenvalue weighted by molar-refractivity contribution is -0.145. The number of carbonyl (C=O) groups is 2. The van der Waals surface area contributed by atoms with E-state index in [1.165, 1.54) is 0 Å². The minimum absolute atomic E-state index is 0.0123. The average Bonchev–Trinajstić information content (AvgIpc) is 2.95. The van der Waals surface area contributed by atoms with E-state index in [1.807, 2.05) is 30.3 Å². The van der Waals surface area contributed by atoms with E-state index in [0.29, 0.717) is 19.6 Å². The van der Waals surface area contributed by atoms with Gasteiger partial charge in [0.1, 0.15) is 5.54 Å². The zero-order valence-corrected chi connectivity index (χ0v) is 13.5. The molecule has 5 heteroatoms. The van der Waals surface area contributed by atoms with Gasteiger partial charge in [0.2, 0.25) is 5.91 Å². The molecular formula is C18H24N2O3. The Kier molecular flexibility index (Phi) is 4.66. The van der Waals surface area contributed by atoms with Crippen LogP contribution in [-0.4, -0.2) is 30.6 Å². The van der Waals surface area contributed by atoms with Crippen molar-refractivity contribution >= 4 is 11.9 Å². The molecule has 23 heavy (non-hydrogen) atoms. The van der Waals surface area contributed by atoms with Crippen molar-refractivity contribution in [1.29, 1.82) is 0 Å². The van der Waals surface area contributed by atoms with Crippen LogP contribution < -0.4 is 10.6 Å². The Labute approximate surface area is 136 Å². The molecular weight excluding hydrogens is 292 g/mol. The van der Waals surface area contributed by atoms with Crippen molar-refractivity contribution in [3.8, 4) is 0 Å². The second-order valence-corrected chi connectivity index (χ2v) is 6.39. The van der Waals surface area contributed by atoms with Crippen molar-refractivity contribution < 1.29 is 14.3 Å². The summed E-state index contributed by atoms with van der Waals surface area (Å²) in [5.74, 6) is -0.179. The molecule has 2 unspecified atom stereocenters. The van der Waals surface area contributed by atoms with Crippen LogP contribution in [0.3, 0.4) is 0 Å². The summed E-state index contributed by atoms with van der Waals surface area (Å²) in [6.07, 6.45) is 2.93. The first-order valence-corrected chi connectivity index (χ1v) is 8.42. The van der Waals surface area contributed by atoms with Crippen LogP contribution in [0.25, 0.3) is 0 Å². The van der Waals surface area contributed by atoms with E-state index in [-0.39, 0.29) is 23.8 Å². The highest BCUT2D eigenvalue weighted by Crippen LogP contribution is 2.40. The molecule has 0 bridgehead atoms. The van der Waals surface area contributed by atoms with E-state index < -0.39 is 5.54 Å². The Bertz CT molecular complexity index is 575. The van der Waals surface area contributed by atoms with Gasteiger partial charge >= 0.3 is 5.97 Å². The summed E-state index contributed by atoms with van der Waals surface area (Å²) < 4.78 is 5.07. The first kappa shape index (κ1) is 16.0. The fourth-order valence-electron chi connectivity index (χ4n) is 3.90. The van der Waals surface area contributed by atoms with Gasteiger partial charge in [0.05, 0.1) is 19.1 Å². The van der Waals surface area contributed by atoms with Gasteiger partial charge in [0, 0.05) is 6.54 Å². The number of amides is 1. The van der Waals surface area contributed by atoms with Gasteiger partial charge in [-0.1, -0.05) is 36.8 Å². The second-order valence-electron chi connectivity index (χ2n) is 6.39. The number of esters is 1. The molecule has 1 aliphatic carbocycles. The van der Waals surface area contributed by atoms with Crippen LogP contribution in [0.4, 0.5) is 0 Å². The van der Waals surface area contributed by atoms with Gasteiger partial charge in [0.15, 0.2) is 0 Å². The minimum atomic E-state index is -0.613. The van der Waals surface area contributed by atoms with Gasteiger partial charge in [0.25, 0.3) is 0 Å². The number of nitrogens with one attached hydrogen (secondary N) is 2. The van der Waals surface area contributed by atoms with Crippen molar-refractivity contribution in [2.45, 2.75) is 44.2 Å². The average molecular weight is 316 g/mol. The molecule has 1 heterocycles. The molecule has 3 rings (SSSR count). The zero-order chi connectivity index (χ0) is 16.3. The first-order valence-electron chi connectivity index (χ1n) is 8.42. The molecule has 2 N–H and O–H groups in total. The number of hydrogen-bond donors (Lipinski definition) is 2. The zero-order valence-electron chi connectivity index (χ0n) is 13.5. The quantitative estimate of drug-likeness (QED) is 0.833. The van der Waals surface area contributed by atoms with Crippen LogP contribution >= 0.6 is 0 Å². The lowest BCUT2D eigenvalue weighted by Crippen LogP contribution is -2.65. The van der Waals surface area contributed by atoms with E-state index in [2.05, 4.69) is 10.6 Å². The number of piperazine rings is 1. The van der Waals surface area contributed by atoms with Crippen LogP contribution in [0.1, 0.15) is 44.2 Å². The standard InChI is InChI=1S/C18H24N2O3/c1-2-23-16(21)11-14-9-6-10-18(14)17(22)20-15(12-19-18)13-7-4-3-5-8-13/h3-5,7-8,14-15,19H,2,6,9-12H2,1H3,(H,20,22)/t14?,15-,18?/m0/s1. The third-order valence-corrected chi connectivity index (χ3v) is 5.07. The summed E-state index contributed by atoms with van der Waals surface area (Å²) in [7, 11) is 0. The number of ether oxygens (including phenoxy) is 1. The van der Waals surface area contributed by atoms with Crippen LogP contribution in [0.2, 0.25) is 0 Å². The first-order chi connectivity index (χ1) is 11.2. The maximum Gasteiger partial charge on any atom is 0.306 e. The molecule has 2 fully saturated rings. The number of rotatable bonds is 4. The minimum Gasteiger partial charge on any atom is -0.466 e. The summed E-state index contributed by atoms with van der Waals surface area (Å²) in [5.41, 5.74) is 0.487. The number of carbonyl (C=O) groups excluding carboxylic acids is 2. The summed E-state index contributed by atoms with van der Waals surface area (Å²) >= 11 is 0. The molecule has 1 aromatic rings. The van der Waals surface area contributed by atoms with Gasteiger partial charge in [-0.15, -0.1) is 0 Å². The van der Waals surface area contributed by atoms with Crippen LogP contribution in [0.5, 0.6) is 0 Å². The fraction of sp³-hybridized carbons (Fsp3) is 0.556. The third kappa shape index (κ3) is 3.11. The van der Waals surface area contributed by atoms with Crippen molar-refractivity contribution in [3.05, 3.63) is 35.9 Å². The van der Waals surface area contributed by atoms with Gasteiger partial charge in [-0.2, -0.15) is 0 Å². The van der Waals surface area contributed by atoms with Crippen molar-refractivity contribution in [1.82, 2.24) is 10.6 Å². The second kappa shape index (κ2) is 6.71. The van der Waals surface area contributed by atoms with Gasteiger partial charge < -0.3 is 15.4 Å². The Morgan fingerprint density at radius 2 is 2.13 bits per heavy atom. The third-order valence-electron chi connectivity index (χ3n) is 5.07. The van der Waals surface area contributed by atoms with Crippen molar-refractivity contribution in [2.75, 3.05) is 13.2 Å². The fourth-order valence-corrected chi connectivity index (χ4v) is 3.90. The maximum atomic E-state index is 12.8. The van der Waals surface area contributed by atoms with E-state index in [9.17, 15) is 9.59 Å². The summed E-state index contributed by atoms with van der Waals surface area (Å²) in [4.78, 5) is 24.7. The van der Waals surface area contributed by atoms with E-state index in [1.54, 1.807) is 6.92 Å². The largest absolute Gasteiger partial charge is 0.466 e. The summed E-state index contributed by atoms with van der Waals surface area (Å²) in [6, 6.07) is 9.95. The molecule has 1 spiro atoms. The lowest BCUT2D eigenvalue weighted by Gasteiger charge is -2.41. The molecule has 0 radical (unpaired) electrons. The molecule has 1 amide bonds. The Balaban J connectivity index is 1.71. The molecule has 5 nitrogen and oxygen atoms in total. The van der Waals surface area contributed by atoms with E-state index in [4.69, 9.17) is 4.74 Å². The van der Waals surface area contributed by atoms with Crippen LogP contribution in [0, 0.1) is 5.92 Å². The van der Waals surface area contributed by atoms with Crippen LogP contribution in [0.15, 0.2) is 30.3 Å². The smallest absolute Gasteiger partial charge is 0.306 e. The monoisotopic (exact) mass is 316 g/mol. The Hall–Kier alpha value is -1.88. The molecule has 1 aliphatic heterocycles. The van der Waals surface area contributed by atoms with Gasteiger partial charge in [-0.05, 0) is 31.2 Å². The molecule has 3 atom stereocenters. The molecule has 124 valence electrons. The SMILES string of the molecule is CCOC(=O)CC1CCCC12NC[C@@H](c1ccccc1)NC2=O. The van der Waals surface area contributed by atoms with Crippen LogP contribution in [-0.2, 0) is 14.3 Å². The van der Waals surface area contributed by atoms with Crippen molar-refractivity contribution in [3.63, 3.8) is 0 Å². The number of hydrogen-bond acceptors (Lipinski definition) is 4. The van der Waals surface area contributed by atoms with Crippen molar-refractivity contribution in [2.24, 2.45) is 5.92 Å². The van der Waals surface area contributed by atoms with Gasteiger partial charge in [-0.25, -0.2) is 0 Å². The molecule has 1 saturated heterocycles. The van der Waals surface area contributed by atoms with E-state index >= 15 is 0 Å². The summed E-state index contributed by atoms with van der Waals surface area (Å²) in [5, 5.41) is 6.62. The predicted molar refractivity (Wildman–Crippen MR) is 86.7 cm³/mol. The Morgan fingerprint density at radius 1 is 1.35 bits per heavy atom. The highest BCUT2D eigenvalue weighted by Gasteiger charge is 2.52. The highest BCUT2D eigenvalue weighted by atomic mass is 16.5. The lowest BCUT2D eigenvalue weighted by atomic mass is 9.81. The topological polar surface area (TPSA) is 67.4 Å². The highest BCUT2D eigenvalue weighted by molar-refractivity contribution is 5.89.